The van der Waals surface area contributed by atoms with Gasteiger partial charge >= 0.3 is 0 Å². The molecule has 4 heteroatoms. The molecule has 0 aromatic heterocycles. The number of hydrogen-bond acceptors (Lipinski definition) is 3. The van der Waals surface area contributed by atoms with Crippen LogP contribution in [0.3, 0.4) is 0 Å². The van der Waals surface area contributed by atoms with E-state index in [0.717, 1.165) is 18.2 Å². The van der Waals surface area contributed by atoms with Gasteiger partial charge < -0.3 is 5.32 Å². The van der Waals surface area contributed by atoms with Gasteiger partial charge in [-0.2, -0.15) is 0 Å². The van der Waals surface area contributed by atoms with E-state index in [1.54, 1.807) is 11.8 Å². The summed E-state index contributed by atoms with van der Waals surface area (Å²) < 4.78 is 0. The summed E-state index contributed by atoms with van der Waals surface area (Å²) in [4.78, 5) is 14.9. The molecule has 1 fully saturated rings. The Kier molecular flexibility index (Phi) is 8.83. The van der Waals surface area contributed by atoms with Gasteiger partial charge in [-0.15, -0.1) is 11.8 Å². The second kappa shape index (κ2) is 10.9. The number of benzene rings is 1. The fourth-order valence-electron chi connectivity index (χ4n) is 3.36. The molecule has 1 saturated heterocycles. The normalized spacial score (nSPS) is 19.6. The lowest BCUT2D eigenvalue weighted by Crippen LogP contribution is -2.34. The highest BCUT2D eigenvalue weighted by atomic mass is 32.2. The van der Waals surface area contributed by atoms with Gasteiger partial charge in [-0.25, -0.2) is 0 Å². The van der Waals surface area contributed by atoms with Crippen LogP contribution in [0.15, 0.2) is 24.3 Å². The standard InChI is InChI=1S/C21H34N2OS/c1-4-5-13-25-18(3)21(24)22-14-19-10-6-7-11-20(19)16-23-12-8-9-17(2)15-23/h6-7,10-11,17-18H,4-5,8-9,12-16H2,1-3H3,(H,22,24). The predicted octanol–water partition coefficient (Wildman–Crippen LogP) is 4.46. The van der Waals surface area contributed by atoms with E-state index in [-0.39, 0.29) is 11.2 Å². The van der Waals surface area contributed by atoms with Crippen LogP contribution in [0.1, 0.15) is 57.6 Å². The van der Waals surface area contributed by atoms with Crippen LogP contribution in [-0.4, -0.2) is 34.9 Å². The number of amides is 1. The smallest absolute Gasteiger partial charge is 0.233 e. The van der Waals surface area contributed by atoms with E-state index in [9.17, 15) is 4.79 Å². The Labute approximate surface area is 157 Å². The van der Waals surface area contributed by atoms with E-state index < -0.39 is 0 Å². The van der Waals surface area contributed by atoms with E-state index in [1.165, 1.54) is 49.9 Å². The zero-order valence-corrected chi connectivity index (χ0v) is 16.9. The molecule has 1 aromatic carbocycles. The SMILES string of the molecule is CCCCSC(C)C(=O)NCc1ccccc1CN1CCCC(C)C1. The Bertz CT molecular complexity index is 534. The topological polar surface area (TPSA) is 32.3 Å². The van der Waals surface area contributed by atoms with Gasteiger partial charge in [0, 0.05) is 19.6 Å². The third kappa shape index (κ3) is 7.02. The van der Waals surface area contributed by atoms with Crippen molar-refractivity contribution in [3.8, 4) is 0 Å². The largest absolute Gasteiger partial charge is 0.351 e. The fraction of sp³-hybridized carbons (Fsp3) is 0.667. The Morgan fingerprint density at radius 2 is 2.12 bits per heavy atom. The number of nitrogens with one attached hydrogen (secondary N) is 1. The highest BCUT2D eigenvalue weighted by molar-refractivity contribution is 8.00. The summed E-state index contributed by atoms with van der Waals surface area (Å²) in [6.45, 7) is 10.5. The molecule has 2 unspecified atom stereocenters. The summed E-state index contributed by atoms with van der Waals surface area (Å²) in [7, 11) is 0. The molecule has 1 amide bonds. The highest BCUT2D eigenvalue weighted by Crippen LogP contribution is 2.20. The van der Waals surface area contributed by atoms with Gasteiger partial charge in [-0.3, -0.25) is 9.69 Å². The summed E-state index contributed by atoms with van der Waals surface area (Å²) in [6, 6.07) is 8.54. The number of rotatable bonds is 9. The summed E-state index contributed by atoms with van der Waals surface area (Å²) in [5.74, 6) is 2.01. The molecule has 1 aliphatic heterocycles. The molecule has 1 N–H and O–H groups in total. The molecule has 2 rings (SSSR count). The number of piperidine rings is 1. The Morgan fingerprint density at radius 3 is 2.84 bits per heavy atom. The van der Waals surface area contributed by atoms with Crippen LogP contribution in [0.5, 0.6) is 0 Å². The Hall–Kier alpha value is -1.00. The van der Waals surface area contributed by atoms with E-state index in [0.29, 0.717) is 6.54 Å². The van der Waals surface area contributed by atoms with Crippen LogP contribution in [0, 0.1) is 5.92 Å². The van der Waals surface area contributed by atoms with E-state index >= 15 is 0 Å². The molecule has 1 aromatic rings. The molecule has 140 valence electrons. The molecule has 2 atom stereocenters. The average Bonchev–Trinajstić information content (AvgIpc) is 2.61. The van der Waals surface area contributed by atoms with Crippen LogP contribution in [0.25, 0.3) is 0 Å². The van der Waals surface area contributed by atoms with Gasteiger partial charge in [0.15, 0.2) is 0 Å². The fourth-order valence-corrected chi connectivity index (χ4v) is 4.41. The number of carbonyl (C=O) groups excluding carboxylic acids is 1. The van der Waals surface area contributed by atoms with Crippen molar-refractivity contribution in [3.63, 3.8) is 0 Å². The van der Waals surface area contributed by atoms with Gasteiger partial charge in [0.2, 0.25) is 5.91 Å². The van der Waals surface area contributed by atoms with E-state index in [4.69, 9.17) is 0 Å². The molecule has 0 radical (unpaired) electrons. The molecule has 25 heavy (non-hydrogen) atoms. The Morgan fingerprint density at radius 1 is 1.36 bits per heavy atom. The van der Waals surface area contributed by atoms with Crippen molar-refractivity contribution >= 4 is 17.7 Å². The van der Waals surface area contributed by atoms with Gasteiger partial charge in [0.1, 0.15) is 0 Å². The first-order valence-corrected chi connectivity index (χ1v) is 10.8. The molecule has 1 aliphatic rings. The number of hydrogen-bond donors (Lipinski definition) is 1. The van der Waals surface area contributed by atoms with Gasteiger partial charge in [-0.1, -0.05) is 44.5 Å². The van der Waals surface area contributed by atoms with Crippen molar-refractivity contribution in [1.82, 2.24) is 10.2 Å². The number of unbranched alkanes of at least 4 members (excludes halogenated alkanes) is 1. The first-order valence-electron chi connectivity index (χ1n) is 9.78. The van der Waals surface area contributed by atoms with Crippen LogP contribution < -0.4 is 5.32 Å². The maximum absolute atomic E-state index is 12.3. The maximum Gasteiger partial charge on any atom is 0.233 e. The second-order valence-electron chi connectivity index (χ2n) is 7.34. The molecule has 1 heterocycles. The highest BCUT2D eigenvalue weighted by Gasteiger charge is 2.18. The van der Waals surface area contributed by atoms with Gasteiger partial charge in [-0.05, 0) is 55.5 Å². The lowest BCUT2D eigenvalue weighted by Gasteiger charge is -2.31. The lowest BCUT2D eigenvalue weighted by molar-refractivity contribution is -0.120. The van der Waals surface area contributed by atoms with Gasteiger partial charge in [0.05, 0.1) is 5.25 Å². The number of carbonyl (C=O) groups is 1. The minimum Gasteiger partial charge on any atom is -0.351 e. The predicted molar refractivity (Wildman–Crippen MR) is 109 cm³/mol. The van der Waals surface area contributed by atoms with Crippen molar-refractivity contribution in [2.24, 2.45) is 5.92 Å². The third-order valence-corrected chi connectivity index (χ3v) is 6.18. The zero-order chi connectivity index (χ0) is 18.1. The summed E-state index contributed by atoms with van der Waals surface area (Å²) >= 11 is 1.76. The van der Waals surface area contributed by atoms with Crippen LogP contribution >= 0.6 is 11.8 Å². The van der Waals surface area contributed by atoms with E-state index in [2.05, 4.69) is 48.3 Å². The summed E-state index contributed by atoms with van der Waals surface area (Å²) in [5.41, 5.74) is 2.60. The molecule has 0 aliphatic carbocycles. The molecule has 0 spiro atoms. The minimum absolute atomic E-state index is 0.0293. The minimum atomic E-state index is 0.0293. The third-order valence-electron chi connectivity index (χ3n) is 4.94. The van der Waals surface area contributed by atoms with Crippen LogP contribution in [-0.2, 0) is 17.9 Å². The molecule has 0 bridgehead atoms. The summed E-state index contributed by atoms with van der Waals surface area (Å²) in [6.07, 6.45) is 5.01. The van der Waals surface area contributed by atoms with Crippen molar-refractivity contribution in [1.29, 1.82) is 0 Å². The van der Waals surface area contributed by atoms with Crippen molar-refractivity contribution in [2.45, 2.75) is 64.8 Å². The first-order chi connectivity index (χ1) is 12.1. The molecule has 3 nitrogen and oxygen atoms in total. The van der Waals surface area contributed by atoms with Gasteiger partial charge in [0.25, 0.3) is 0 Å². The Balaban J connectivity index is 1.86. The molecular weight excluding hydrogens is 328 g/mol. The average molecular weight is 363 g/mol. The van der Waals surface area contributed by atoms with Crippen molar-refractivity contribution < 1.29 is 4.79 Å². The molecular formula is C21H34N2OS. The number of nitrogens with zero attached hydrogens (tertiary/aromatic N) is 1. The monoisotopic (exact) mass is 362 g/mol. The van der Waals surface area contributed by atoms with E-state index in [1.807, 2.05) is 6.92 Å². The van der Waals surface area contributed by atoms with Crippen LogP contribution in [0.2, 0.25) is 0 Å². The van der Waals surface area contributed by atoms with Crippen LogP contribution in [0.4, 0.5) is 0 Å². The first kappa shape index (κ1) is 20.3. The van der Waals surface area contributed by atoms with Crippen molar-refractivity contribution in [3.05, 3.63) is 35.4 Å². The second-order valence-corrected chi connectivity index (χ2v) is 8.78. The van der Waals surface area contributed by atoms with Crippen molar-refractivity contribution in [2.75, 3.05) is 18.8 Å². The number of thioether (sulfide) groups is 1. The summed E-state index contributed by atoms with van der Waals surface area (Å²) in [5, 5.41) is 3.16. The lowest BCUT2D eigenvalue weighted by atomic mass is 9.99. The number of likely N-dealkylation sites (tertiary alicyclic amines) is 1. The zero-order valence-electron chi connectivity index (χ0n) is 16.1. The molecule has 0 saturated carbocycles. The maximum atomic E-state index is 12.3. The quantitative estimate of drug-likeness (QED) is 0.658.